The van der Waals surface area contributed by atoms with Gasteiger partial charge in [-0.25, -0.2) is 9.67 Å². The van der Waals surface area contributed by atoms with Crippen LogP contribution in [-0.4, -0.2) is 44.6 Å². The van der Waals surface area contributed by atoms with E-state index in [1.165, 1.54) is 0 Å². The second kappa shape index (κ2) is 6.59. The first kappa shape index (κ1) is 16.4. The Kier molecular flexibility index (Phi) is 4.51. The number of nitrogens with zero attached hydrogens (tertiary/aromatic N) is 4. The highest BCUT2D eigenvalue weighted by atomic mass is 16.2. The molecule has 7 heteroatoms. The average molecular weight is 329 g/mol. The minimum Gasteiger partial charge on any atom is -0.370 e. The van der Waals surface area contributed by atoms with Crippen molar-refractivity contribution in [3.63, 3.8) is 0 Å². The van der Waals surface area contributed by atoms with Crippen LogP contribution in [0.15, 0.2) is 18.5 Å². The molecule has 1 aliphatic heterocycles. The molecule has 2 amide bonds. The maximum atomic E-state index is 12.7. The minimum absolute atomic E-state index is 0.0146. The Morgan fingerprint density at radius 1 is 1.29 bits per heavy atom. The standard InChI is InChI=1S/C17H23N5O2/c1-11(2)22-16-13(10-20-22)8-14(9-19-16)17(24)21-5-3-12(4-6-21)7-15(18)23/h8-12H,3-7H2,1-2H3,(H2,18,23). The van der Waals surface area contributed by atoms with E-state index in [9.17, 15) is 9.59 Å². The van der Waals surface area contributed by atoms with Gasteiger partial charge in [-0.1, -0.05) is 0 Å². The maximum absolute atomic E-state index is 12.7. The van der Waals surface area contributed by atoms with Gasteiger partial charge >= 0.3 is 0 Å². The number of rotatable bonds is 4. The molecular weight excluding hydrogens is 306 g/mol. The third-order valence-electron chi connectivity index (χ3n) is 4.56. The number of hydrogen-bond acceptors (Lipinski definition) is 4. The van der Waals surface area contributed by atoms with Crippen molar-refractivity contribution in [2.24, 2.45) is 11.7 Å². The summed E-state index contributed by atoms with van der Waals surface area (Å²) in [5, 5.41) is 5.20. The van der Waals surface area contributed by atoms with Crippen molar-refractivity contribution in [2.45, 2.75) is 39.2 Å². The van der Waals surface area contributed by atoms with Crippen LogP contribution in [0.2, 0.25) is 0 Å². The number of piperidine rings is 1. The molecule has 0 atom stereocenters. The summed E-state index contributed by atoms with van der Waals surface area (Å²) in [6.07, 6.45) is 5.41. The van der Waals surface area contributed by atoms with E-state index in [1.54, 1.807) is 12.4 Å². The number of aromatic nitrogens is 3. The summed E-state index contributed by atoms with van der Waals surface area (Å²) in [5.41, 5.74) is 6.62. The van der Waals surface area contributed by atoms with E-state index in [4.69, 9.17) is 5.73 Å². The zero-order valence-electron chi connectivity index (χ0n) is 14.1. The predicted octanol–water partition coefficient (Wildman–Crippen LogP) is 1.74. The van der Waals surface area contributed by atoms with Crippen LogP contribution in [0, 0.1) is 5.92 Å². The molecule has 1 fully saturated rings. The second-order valence-electron chi connectivity index (χ2n) is 6.73. The van der Waals surface area contributed by atoms with Crippen molar-refractivity contribution in [2.75, 3.05) is 13.1 Å². The molecule has 2 N–H and O–H groups in total. The number of hydrogen-bond donors (Lipinski definition) is 1. The SMILES string of the molecule is CC(C)n1ncc2cc(C(=O)N3CCC(CC(N)=O)CC3)cnc21. The Bertz CT molecular complexity index is 759. The summed E-state index contributed by atoms with van der Waals surface area (Å²) in [7, 11) is 0. The minimum atomic E-state index is -0.267. The van der Waals surface area contributed by atoms with Gasteiger partial charge in [-0.3, -0.25) is 9.59 Å². The van der Waals surface area contributed by atoms with Crippen molar-refractivity contribution in [3.8, 4) is 0 Å². The number of carbonyl (C=O) groups is 2. The Labute approximate surface area is 140 Å². The number of likely N-dealkylation sites (tertiary alicyclic amines) is 1. The number of nitrogens with two attached hydrogens (primary N) is 1. The second-order valence-corrected chi connectivity index (χ2v) is 6.73. The van der Waals surface area contributed by atoms with E-state index in [2.05, 4.69) is 10.1 Å². The number of fused-ring (bicyclic) bond motifs is 1. The van der Waals surface area contributed by atoms with Crippen molar-refractivity contribution in [1.29, 1.82) is 0 Å². The number of primary amides is 1. The van der Waals surface area contributed by atoms with Crippen LogP contribution < -0.4 is 5.73 Å². The van der Waals surface area contributed by atoms with E-state index < -0.39 is 0 Å². The zero-order chi connectivity index (χ0) is 17.3. The molecule has 0 aromatic carbocycles. The number of amides is 2. The van der Waals surface area contributed by atoms with Crippen LogP contribution in [0.5, 0.6) is 0 Å². The molecule has 0 spiro atoms. The van der Waals surface area contributed by atoms with Crippen molar-refractivity contribution < 1.29 is 9.59 Å². The molecule has 3 rings (SSSR count). The first-order valence-electron chi connectivity index (χ1n) is 8.36. The summed E-state index contributed by atoms with van der Waals surface area (Å²) in [6, 6.07) is 2.08. The molecule has 0 bridgehead atoms. The predicted molar refractivity (Wildman–Crippen MR) is 90.4 cm³/mol. The van der Waals surface area contributed by atoms with Crippen LogP contribution in [0.1, 0.15) is 49.5 Å². The third kappa shape index (κ3) is 3.25. The molecule has 1 saturated heterocycles. The molecule has 0 aliphatic carbocycles. The first-order valence-corrected chi connectivity index (χ1v) is 8.36. The lowest BCUT2D eigenvalue weighted by molar-refractivity contribution is -0.119. The molecule has 2 aromatic rings. The Balaban J connectivity index is 1.72. The number of carbonyl (C=O) groups excluding carboxylic acids is 2. The molecule has 7 nitrogen and oxygen atoms in total. The third-order valence-corrected chi connectivity index (χ3v) is 4.56. The van der Waals surface area contributed by atoms with Crippen molar-refractivity contribution in [3.05, 3.63) is 24.0 Å². The molecular formula is C17H23N5O2. The van der Waals surface area contributed by atoms with Crippen LogP contribution >= 0.6 is 0 Å². The Hall–Kier alpha value is -2.44. The molecule has 3 heterocycles. The van der Waals surface area contributed by atoms with Gasteiger partial charge in [0.25, 0.3) is 5.91 Å². The largest absolute Gasteiger partial charge is 0.370 e. The van der Waals surface area contributed by atoms with Crippen molar-refractivity contribution >= 4 is 22.8 Å². The molecule has 0 saturated carbocycles. The zero-order valence-corrected chi connectivity index (χ0v) is 14.1. The fourth-order valence-electron chi connectivity index (χ4n) is 3.24. The fraction of sp³-hybridized carbons (Fsp3) is 0.529. The summed E-state index contributed by atoms with van der Waals surface area (Å²) < 4.78 is 1.85. The lowest BCUT2D eigenvalue weighted by Crippen LogP contribution is -2.39. The van der Waals surface area contributed by atoms with E-state index in [0.29, 0.717) is 25.1 Å². The molecule has 0 unspecified atom stereocenters. The maximum Gasteiger partial charge on any atom is 0.255 e. The quantitative estimate of drug-likeness (QED) is 0.924. The smallest absolute Gasteiger partial charge is 0.255 e. The molecule has 2 aromatic heterocycles. The topological polar surface area (TPSA) is 94.1 Å². The van der Waals surface area contributed by atoms with Gasteiger partial charge in [0, 0.05) is 37.1 Å². The van der Waals surface area contributed by atoms with Gasteiger partial charge in [0.05, 0.1) is 11.8 Å². The highest BCUT2D eigenvalue weighted by Gasteiger charge is 2.25. The Morgan fingerprint density at radius 3 is 2.62 bits per heavy atom. The average Bonchev–Trinajstić information content (AvgIpc) is 2.97. The van der Waals surface area contributed by atoms with Crippen LogP contribution in [0.25, 0.3) is 11.0 Å². The monoisotopic (exact) mass is 329 g/mol. The van der Waals surface area contributed by atoms with E-state index >= 15 is 0 Å². The van der Waals surface area contributed by atoms with Gasteiger partial charge < -0.3 is 10.6 Å². The Morgan fingerprint density at radius 2 is 2.00 bits per heavy atom. The van der Waals surface area contributed by atoms with Crippen LogP contribution in [-0.2, 0) is 4.79 Å². The summed E-state index contributed by atoms with van der Waals surface area (Å²) >= 11 is 0. The van der Waals surface area contributed by atoms with Gasteiger partial charge in [0.2, 0.25) is 5.91 Å². The fourth-order valence-corrected chi connectivity index (χ4v) is 3.24. The summed E-state index contributed by atoms with van der Waals surface area (Å²) in [5.74, 6) is 0.00671. The van der Waals surface area contributed by atoms with Gasteiger partial charge in [0.1, 0.15) is 0 Å². The van der Waals surface area contributed by atoms with Crippen LogP contribution in [0.3, 0.4) is 0 Å². The summed E-state index contributed by atoms with van der Waals surface area (Å²) in [4.78, 5) is 29.9. The molecule has 24 heavy (non-hydrogen) atoms. The molecule has 0 radical (unpaired) electrons. The summed E-state index contributed by atoms with van der Waals surface area (Å²) in [6.45, 7) is 5.40. The normalized spacial score (nSPS) is 16.0. The van der Waals surface area contributed by atoms with Gasteiger partial charge in [0.15, 0.2) is 5.65 Å². The van der Waals surface area contributed by atoms with Gasteiger partial charge in [-0.15, -0.1) is 0 Å². The molecule has 1 aliphatic rings. The first-order chi connectivity index (χ1) is 11.5. The van der Waals surface area contributed by atoms with Gasteiger partial charge in [-0.05, 0) is 38.7 Å². The number of pyridine rings is 1. The highest BCUT2D eigenvalue weighted by Crippen LogP contribution is 2.23. The van der Waals surface area contributed by atoms with Gasteiger partial charge in [-0.2, -0.15) is 5.10 Å². The van der Waals surface area contributed by atoms with Crippen molar-refractivity contribution in [1.82, 2.24) is 19.7 Å². The highest BCUT2D eigenvalue weighted by molar-refractivity contribution is 5.96. The molecule has 128 valence electrons. The lowest BCUT2D eigenvalue weighted by atomic mass is 9.93. The van der Waals surface area contributed by atoms with E-state index in [0.717, 1.165) is 23.9 Å². The van der Waals surface area contributed by atoms with Crippen LogP contribution in [0.4, 0.5) is 0 Å². The lowest BCUT2D eigenvalue weighted by Gasteiger charge is -2.31. The van der Waals surface area contributed by atoms with E-state index in [1.807, 2.05) is 29.5 Å². The van der Waals surface area contributed by atoms with E-state index in [-0.39, 0.29) is 23.8 Å².